The van der Waals surface area contributed by atoms with E-state index in [1.807, 2.05) is 13.0 Å². The number of aliphatic hydroxyl groups excluding tert-OH is 1. The van der Waals surface area contributed by atoms with E-state index in [0.29, 0.717) is 36.1 Å². The smallest absolute Gasteiger partial charge is 0.261 e. The van der Waals surface area contributed by atoms with Crippen molar-refractivity contribution in [3.05, 3.63) is 53.2 Å². The highest BCUT2D eigenvalue weighted by Gasteiger charge is 2.28. The number of hydrogen-bond acceptors (Lipinski definition) is 8. The number of fused-ring (bicyclic) bond motifs is 1. The molecule has 1 aliphatic heterocycles. The van der Waals surface area contributed by atoms with Crippen LogP contribution in [0.2, 0.25) is 0 Å². The normalized spacial score (nSPS) is 19.3. The first-order valence-corrected chi connectivity index (χ1v) is 16.4. The zero-order chi connectivity index (χ0) is 32.5. The fraction of sp³-hybridized carbons (Fsp3) is 0.529. The lowest BCUT2D eigenvalue weighted by atomic mass is 9.93. The molecule has 0 bridgehead atoms. The number of carbonyl (C=O) groups excluding carboxylic acids is 1. The molecule has 2 fully saturated rings. The average molecular weight is 632 g/mol. The van der Waals surface area contributed by atoms with Gasteiger partial charge in [-0.15, -0.1) is 0 Å². The van der Waals surface area contributed by atoms with Gasteiger partial charge < -0.3 is 24.8 Å². The van der Waals surface area contributed by atoms with Crippen molar-refractivity contribution in [1.82, 2.24) is 34.5 Å². The Kier molecular flexibility index (Phi) is 9.39. The van der Waals surface area contributed by atoms with Crippen LogP contribution in [0.25, 0.3) is 22.3 Å². The highest BCUT2D eigenvalue weighted by molar-refractivity contribution is 6.05. The number of piperidine rings is 1. The van der Waals surface area contributed by atoms with E-state index in [1.165, 1.54) is 6.07 Å². The number of hydrogen-bond donors (Lipinski definition) is 3. The lowest BCUT2D eigenvalue weighted by molar-refractivity contribution is 0.101. The van der Waals surface area contributed by atoms with Gasteiger partial charge in [0.05, 0.1) is 28.9 Å². The Hall–Kier alpha value is -3.87. The summed E-state index contributed by atoms with van der Waals surface area (Å²) in [6.45, 7) is 7.51. The number of nitrogens with zero attached hydrogens (tertiary/aromatic N) is 7. The SMILES string of the molecule is Cc1cc(C(=O)Nc2nc3ccc(N4CCC(NCCN(C)C)CC4)cc3n2C2CCC(O)CC2)c(F)c(-c2cnn(C)c2C)n1. The number of benzene rings is 1. The summed E-state index contributed by atoms with van der Waals surface area (Å²) >= 11 is 0. The number of aromatic nitrogens is 5. The number of amides is 1. The number of halogens is 1. The second-order valence-electron chi connectivity index (χ2n) is 13.2. The second kappa shape index (κ2) is 13.5. The predicted molar refractivity (Wildman–Crippen MR) is 179 cm³/mol. The van der Waals surface area contributed by atoms with Crippen molar-refractivity contribution in [2.24, 2.45) is 7.05 Å². The third-order valence-electron chi connectivity index (χ3n) is 9.60. The third kappa shape index (κ3) is 6.65. The number of aliphatic hydroxyl groups is 1. The van der Waals surface area contributed by atoms with Gasteiger partial charge in [0.25, 0.3) is 5.91 Å². The Morgan fingerprint density at radius 1 is 1.07 bits per heavy atom. The molecule has 2 aliphatic rings. The molecular weight excluding hydrogens is 585 g/mol. The molecule has 4 heterocycles. The van der Waals surface area contributed by atoms with Crippen LogP contribution in [-0.4, -0.2) is 92.6 Å². The van der Waals surface area contributed by atoms with Crippen molar-refractivity contribution < 1.29 is 14.3 Å². The number of pyridine rings is 1. The largest absolute Gasteiger partial charge is 0.393 e. The van der Waals surface area contributed by atoms with Gasteiger partial charge in [-0.3, -0.25) is 14.8 Å². The van der Waals surface area contributed by atoms with Gasteiger partial charge in [0.15, 0.2) is 5.82 Å². The maximum Gasteiger partial charge on any atom is 0.261 e. The highest BCUT2D eigenvalue weighted by atomic mass is 19.1. The molecule has 0 unspecified atom stereocenters. The summed E-state index contributed by atoms with van der Waals surface area (Å²) in [5.41, 5.74) is 4.67. The fourth-order valence-electron chi connectivity index (χ4n) is 6.79. The van der Waals surface area contributed by atoms with Crippen molar-refractivity contribution in [3.8, 4) is 11.3 Å². The van der Waals surface area contributed by atoms with Gasteiger partial charge in [0.2, 0.25) is 5.95 Å². The number of likely N-dealkylation sites (N-methyl/N-ethyl adjacent to an activating group) is 1. The summed E-state index contributed by atoms with van der Waals surface area (Å²) in [4.78, 5) is 27.7. The van der Waals surface area contributed by atoms with Crippen LogP contribution in [0.1, 0.15) is 66.3 Å². The third-order valence-corrected chi connectivity index (χ3v) is 9.60. The number of imidazole rings is 1. The first-order valence-electron chi connectivity index (χ1n) is 16.4. The molecule has 1 saturated heterocycles. The molecule has 12 heteroatoms. The van der Waals surface area contributed by atoms with Gasteiger partial charge in [-0.1, -0.05) is 0 Å². The van der Waals surface area contributed by atoms with Gasteiger partial charge in [0, 0.05) is 67.9 Å². The first-order chi connectivity index (χ1) is 22.1. The number of nitrogens with one attached hydrogen (secondary N) is 2. The molecule has 0 radical (unpaired) electrons. The lowest BCUT2D eigenvalue weighted by Gasteiger charge is -2.34. The van der Waals surface area contributed by atoms with E-state index in [0.717, 1.165) is 74.3 Å². The van der Waals surface area contributed by atoms with Crippen LogP contribution in [0.3, 0.4) is 0 Å². The molecule has 1 saturated carbocycles. The van der Waals surface area contributed by atoms with Crippen molar-refractivity contribution in [2.75, 3.05) is 50.5 Å². The summed E-state index contributed by atoms with van der Waals surface area (Å²) in [7, 11) is 5.97. The Labute approximate surface area is 269 Å². The monoisotopic (exact) mass is 631 g/mol. The molecule has 46 heavy (non-hydrogen) atoms. The number of anilines is 2. The molecule has 246 valence electrons. The van der Waals surface area contributed by atoms with E-state index in [2.05, 4.69) is 61.3 Å². The maximum absolute atomic E-state index is 15.9. The molecule has 1 aliphatic carbocycles. The quantitative estimate of drug-likeness (QED) is 0.249. The van der Waals surface area contributed by atoms with Gasteiger partial charge in [0.1, 0.15) is 5.69 Å². The van der Waals surface area contributed by atoms with E-state index in [4.69, 9.17) is 4.98 Å². The van der Waals surface area contributed by atoms with E-state index in [-0.39, 0.29) is 23.4 Å². The minimum Gasteiger partial charge on any atom is -0.393 e. The Bertz CT molecular complexity index is 1700. The van der Waals surface area contributed by atoms with Crippen LogP contribution < -0.4 is 15.5 Å². The number of rotatable bonds is 9. The predicted octanol–water partition coefficient (Wildman–Crippen LogP) is 4.44. The zero-order valence-electron chi connectivity index (χ0n) is 27.6. The lowest BCUT2D eigenvalue weighted by Crippen LogP contribution is -2.44. The minimum atomic E-state index is -0.690. The molecule has 1 amide bonds. The standard InChI is InChI=1S/C34H46FN9O2/c1-21-18-27(31(35)32(38-21)28-20-37-42(5)22(28)2)33(46)40-34-39-29-11-8-25(19-30(29)44(34)24-6-9-26(45)10-7-24)43-15-12-23(13-16-43)36-14-17-41(3)4/h8,11,18-20,23-24,26,36,45H,6-7,9-10,12-17H2,1-5H3,(H,39,40,46). The fourth-order valence-corrected chi connectivity index (χ4v) is 6.79. The van der Waals surface area contributed by atoms with Crippen molar-refractivity contribution in [2.45, 2.75) is 70.6 Å². The van der Waals surface area contributed by atoms with Crippen LogP contribution >= 0.6 is 0 Å². The summed E-state index contributed by atoms with van der Waals surface area (Å²) in [6.07, 6.45) is 6.27. The van der Waals surface area contributed by atoms with E-state index in [1.54, 1.807) is 24.9 Å². The van der Waals surface area contributed by atoms with E-state index < -0.39 is 11.7 Å². The van der Waals surface area contributed by atoms with Crippen LogP contribution in [0, 0.1) is 19.7 Å². The van der Waals surface area contributed by atoms with E-state index in [9.17, 15) is 9.90 Å². The Morgan fingerprint density at radius 2 is 1.80 bits per heavy atom. The molecular formula is C34H46FN9O2. The molecule has 3 aromatic heterocycles. The molecule has 4 aromatic rings. The summed E-state index contributed by atoms with van der Waals surface area (Å²) in [5.74, 6) is -0.887. The Morgan fingerprint density at radius 3 is 2.48 bits per heavy atom. The number of carbonyl (C=O) groups is 1. The molecule has 0 atom stereocenters. The second-order valence-corrected chi connectivity index (χ2v) is 13.2. The summed E-state index contributed by atoms with van der Waals surface area (Å²) < 4.78 is 19.7. The van der Waals surface area contributed by atoms with E-state index >= 15 is 4.39 Å². The molecule has 3 N–H and O–H groups in total. The molecule has 6 rings (SSSR count). The molecule has 1 aromatic carbocycles. The maximum atomic E-state index is 15.9. The number of aryl methyl sites for hydroxylation is 2. The summed E-state index contributed by atoms with van der Waals surface area (Å²) in [6, 6.07) is 8.31. The zero-order valence-corrected chi connectivity index (χ0v) is 27.6. The average Bonchev–Trinajstić information content (AvgIpc) is 3.56. The Balaban J connectivity index is 1.29. The van der Waals surface area contributed by atoms with Crippen LogP contribution in [0.5, 0.6) is 0 Å². The van der Waals surface area contributed by atoms with Crippen LogP contribution in [0.15, 0.2) is 30.5 Å². The van der Waals surface area contributed by atoms with Gasteiger partial charge in [-0.05, 0) is 90.7 Å². The van der Waals surface area contributed by atoms with Gasteiger partial charge >= 0.3 is 0 Å². The van der Waals surface area contributed by atoms with Crippen molar-refractivity contribution >= 4 is 28.6 Å². The molecule has 11 nitrogen and oxygen atoms in total. The molecule has 0 spiro atoms. The first kappa shape index (κ1) is 32.1. The van der Waals surface area contributed by atoms with Crippen molar-refractivity contribution in [3.63, 3.8) is 0 Å². The summed E-state index contributed by atoms with van der Waals surface area (Å²) in [5, 5.41) is 21.1. The van der Waals surface area contributed by atoms with Crippen LogP contribution in [-0.2, 0) is 7.05 Å². The van der Waals surface area contributed by atoms with Crippen molar-refractivity contribution in [1.29, 1.82) is 0 Å². The van der Waals surface area contributed by atoms with Gasteiger partial charge in [-0.25, -0.2) is 14.4 Å². The topological polar surface area (TPSA) is 116 Å². The minimum absolute atomic E-state index is 0.0446. The highest BCUT2D eigenvalue weighted by Crippen LogP contribution is 2.36. The van der Waals surface area contributed by atoms with Gasteiger partial charge in [-0.2, -0.15) is 5.10 Å². The van der Waals surface area contributed by atoms with Crippen LogP contribution in [0.4, 0.5) is 16.0 Å².